The van der Waals surface area contributed by atoms with Gasteiger partial charge in [-0.05, 0) is 24.5 Å². The smallest absolute Gasteiger partial charge is 0.273 e. The van der Waals surface area contributed by atoms with Gasteiger partial charge >= 0.3 is 0 Å². The van der Waals surface area contributed by atoms with Crippen LogP contribution in [0.25, 0.3) is 11.1 Å². The van der Waals surface area contributed by atoms with Crippen molar-refractivity contribution >= 4 is 5.91 Å². The van der Waals surface area contributed by atoms with Gasteiger partial charge in [-0.2, -0.15) is 5.10 Å². The van der Waals surface area contributed by atoms with Gasteiger partial charge in [-0.15, -0.1) is 0 Å². The Kier molecular flexibility index (Phi) is 4.23. The molecule has 6 nitrogen and oxygen atoms in total. The number of nitrogens with zero attached hydrogens (tertiary/aromatic N) is 3. The van der Waals surface area contributed by atoms with Crippen molar-refractivity contribution in [2.75, 3.05) is 6.54 Å². The Morgan fingerprint density at radius 1 is 1.26 bits per heavy atom. The van der Waals surface area contributed by atoms with Crippen LogP contribution in [0.5, 0.6) is 0 Å². The first-order chi connectivity index (χ1) is 11.1. The maximum atomic E-state index is 11.8. The van der Waals surface area contributed by atoms with Crippen molar-refractivity contribution < 1.29 is 9.32 Å². The molecule has 2 heterocycles. The Morgan fingerprint density at radius 2 is 2.04 bits per heavy atom. The van der Waals surface area contributed by atoms with Gasteiger partial charge in [0.25, 0.3) is 5.91 Å². The van der Waals surface area contributed by atoms with Crippen LogP contribution in [0.4, 0.5) is 0 Å². The van der Waals surface area contributed by atoms with Gasteiger partial charge in [0.15, 0.2) is 5.69 Å². The van der Waals surface area contributed by atoms with Crippen molar-refractivity contribution in [3.05, 3.63) is 59.7 Å². The van der Waals surface area contributed by atoms with Crippen LogP contribution in [0.3, 0.4) is 0 Å². The topological polar surface area (TPSA) is 73.0 Å². The van der Waals surface area contributed by atoms with Crippen molar-refractivity contribution in [1.29, 1.82) is 0 Å². The molecular weight excluding hydrogens is 292 g/mol. The van der Waals surface area contributed by atoms with E-state index in [9.17, 15) is 4.79 Å². The van der Waals surface area contributed by atoms with Crippen molar-refractivity contribution in [2.24, 2.45) is 7.05 Å². The molecule has 0 aliphatic heterocycles. The zero-order valence-electron chi connectivity index (χ0n) is 13.1. The second-order valence-electron chi connectivity index (χ2n) is 5.43. The summed E-state index contributed by atoms with van der Waals surface area (Å²) in [7, 11) is 1.90. The first-order valence-electron chi connectivity index (χ1n) is 7.41. The number of nitrogens with one attached hydrogen (secondary N) is 1. The lowest BCUT2D eigenvalue weighted by molar-refractivity contribution is 0.0945. The number of rotatable bonds is 5. The highest BCUT2D eigenvalue weighted by atomic mass is 16.5. The van der Waals surface area contributed by atoms with Gasteiger partial charge in [-0.1, -0.05) is 29.4 Å². The molecule has 23 heavy (non-hydrogen) atoms. The third-order valence-corrected chi connectivity index (χ3v) is 3.55. The average molecular weight is 310 g/mol. The number of carbonyl (C=O) groups excluding carboxylic acids is 1. The summed E-state index contributed by atoms with van der Waals surface area (Å²) in [5.41, 5.74) is 3.70. The Bertz CT molecular complexity index is 802. The molecule has 0 bridgehead atoms. The second kappa shape index (κ2) is 6.48. The second-order valence-corrected chi connectivity index (χ2v) is 5.43. The van der Waals surface area contributed by atoms with Crippen LogP contribution in [0.2, 0.25) is 0 Å². The molecule has 0 saturated heterocycles. The molecule has 118 valence electrons. The van der Waals surface area contributed by atoms with Gasteiger partial charge < -0.3 is 9.84 Å². The number of carbonyl (C=O) groups is 1. The van der Waals surface area contributed by atoms with Gasteiger partial charge in [-0.3, -0.25) is 9.48 Å². The van der Waals surface area contributed by atoms with Crippen LogP contribution in [-0.4, -0.2) is 27.4 Å². The zero-order chi connectivity index (χ0) is 16.2. The molecule has 1 amide bonds. The number of hydrogen-bond acceptors (Lipinski definition) is 4. The molecule has 0 spiro atoms. The van der Waals surface area contributed by atoms with E-state index in [0.717, 1.165) is 23.1 Å². The summed E-state index contributed by atoms with van der Waals surface area (Å²) in [4.78, 5) is 11.8. The molecule has 0 atom stereocenters. The molecule has 0 aliphatic rings. The minimum Gasteiger partial charge on any atom is -0.361 e. The molecule has 0 saturated carbocycles. The van der Waals surface area contributed by atoms with Crippen molar-refractivity contribution in [1.82, 2.24) is 20.3 Å². The highest BCUT2D eigenvalue weighted by Crippen LogP contribution is 2.18. The summed E-state index contributed by atoms with van der Waals surface area (Å²) < 4.78 is 6.67. The summed E-state index contributed by atoms with van der Waals surface area (Å²) >= 11 is 0. The van der Waals surface area contributed by atoms with E-state index >= 15 is 0 Å². The molecule has 3 rings (SSSR count). The number of benzene rings is 1. The lowest BCUT2D eigenvalue weighted by Crippen LogP contribution is -2.25. The Balaban J connectivity index is 1.53. The quantitative estimate of drug-likeness (QED) is 0.785. The van der Waals surface area contributed by atoms with Gasteiger partial charge in [0.2, 0.25) is 0 Å². The molecule has 0 fully saturated rings. The molecule has 1 aromatic carbocycles. The van der Waals surface area contributed by atoms with E-state index in [1.807, 2.05) is 19.4 Å². The van der Waals surface area contributed by atoms with Gasteiger partial charge in [0.05, 0.1) is 6.20 Å². The van der Waals surface area contributed by atoms with Crippen LogP contribution in [0, 0.1) is 6.92 Å². The molecule has 1 N–H and O–H groups in total. The summed E-state index contributed by atoms with van der Waals surface area (Å²) in [6.07, 6.45) is 4.58. The summed E-state index contributed by atoms with van der Waals surface area (Å²) in [6.45, 7) is 2.31. The maximum Gasteiger partial charge on any atom is 0.273 e. The number of hydrogen-bond donors (Lipinski definition) is 1. The first-order valence-corrected chi connectivity index (χ1v) is 7.41. The Morgan fingerprint density at radius 3 is 2.65 bits per heavy atom. The standard InChI is InChI=1S/C17H18N4O2/c1-12-9-16(20-23-12)17(22)18-8-7-13-3-5-14(6-4-13)15-10-19-21(2)11-15/h3-6,9-11H,7-8H2,1-2H3,(H,18,22). The van der Waals surface area contributed by atoms with Crippen molar-refractivity contribution in [3.63, 3.8) is 0 Å². The highest BCUT2D eigenvalue weighted by Gasteiger charge is 2.09. The molecule has 0 unspecified atom stereocenters. The lowest BCUT2D eigenvalue weighted by Gasteiger charge is -2.04. The van der Waals surface area contributed by atoms with Gasteiger partial charge in [0.1, 0.15) is 5.76 Å². The molecule has 3 aromatic rings. The predicted molar refractivity (Wildman–Crippen MR) is 85.9 cm³/mol. The minimum atomic E-state index is -0.214. The molecule has 2 aromatic heterocycles. The maximum absolute atomic E-state index is 11.8. The summed E-state index contributed by atoms with van der Waals surface area (Å²) in [5.74, 6) is 0.412. The van der Waals surface area contributed by atoms with Crippen LogP contribution in [0.15, 0.2) is 47.2 Å². The van der Waals surface area contributed by atoms with E-state index in [1.165, 1.54) is 0 Å². The van der Waals surface area contributed by atoms with E-state index in [-0.39, 0.29) is 5.91 Å². The van der Waals surface area contributed by atoms with E-state index < -0.39 is 0 Å². The molecular formula is C17H18N4O2. The summed E-state index contributed by atoms with van der Waals surface area (Å²) in [6, 6.07) is 9.88. The third-order valence-electron chi connectivity index (χ3n) is 3.55. The minimum absolute atomic E-state index is 0.214. The largest absolute Gasteiger partial charge is 0.361 e. The fourth-order valence-electron chi connectivity index (χ4n) is 2.32. The Labute approximate surface area is 134 Å². The normalized spacial score (nSPS) is 10.7. The third kappa shape index (κ3) is 3.66. The van der Waals surface area contributed by atoms with E-state index in [1.54, 1.807) is 17.7 Å². The number of aromatic nitrogens is 3. The zero-order valence-corrected chi connectivity index (χ0v) is 13.1. The van der Waals surface area contributed by atoms with E-state index in [2.05, 4.69) is 39.8 Å². The van der Waals surface area contributed by atoms with E-state index in [0.29, 0.717) is 18.0 Å². The Hall–Kier alpha value is -2.89. The molecule has 0 aliphatic carbocycles. The van der Waals surface area contributed by atoms with Gasteiger partial charge in [-0.25, -0.2) is 0 Å². The molecule has 6 heteroatoms. The lowest BCUT2D eigenvalue weighted by atomic mass is 10.1. The first kappa shape index (κ1) is 15.0. The van der Waals surface area contributed by atoms with Crippen molar-refractivity contribution in [3.8, 4) is 11.1 Å². The fourth-order valence-corrected chi connectivity index (χ4v) is 2.32. The van der Waals surface area contributed by atoms with Crippen LogP contribution < -0.4 is 5.32 Å². The number of aryl methyl sites for hydroxylation is 2. The monoisotopic (exact) mass is 310 g/mol. The summed E-state index contributed by atoms with van der Waals surface area (Å²) in [5, 5.41) is 10.7. The van der Waals surface area contributed by atoms with Crippen LogP contribution in [0.1, 0.15) is 21.8 Å². The van der Waals surface area contributed by atoms with Gasteiger partial charge in [0, 0.05) is 31.4 Å². The van der Waals surface area contributed by atoms with Crippen LogP contribution >= 0.6 is 0 Å². The van der Waals surface area contributed by atoms with Crippen molar-refractivity contribution in [2.45, 2.75) is 13.3 Å². The number of amides is 1. The predicted octanol–water partition coefficient (Wildman–Crippen LogP) is 2.36. The fraction of sp³-hybridized carbons (Fsp3) is 0.235. The SMILES string of the molecule is Cc1cc(C(=O)NCCc2ccc(-c3cnn(C)c3)cc2)no1. The highest BCUT2D eigenvalue weighted by molar-refractivity contribution is 5.92. The van der Waals surface area contributed by atoms with Crippen LogP contribution in [-0.2, 0) is 13.5 Å². The molecule has 0 radical (unpaired) electrons. The van der Waals surface area contributed by atoms with E-state index in [4.69, 9.17) is 4.52 Å². The average Bonchev–Trinajstić information content (AvgIpc) is 3.16.